The van der Waals surface area contributed by atoms with Gasteiger partial charge < -0.3 is 4.74 Å². The molecular weight excluding hydrogens is 404 g/mol. The Morgan fingerprint density at radius 1 is 1.24 bits per heavy atom. The normalized spacial score (nSPS) is 16.6. The molecule has 0 fully saturated rings. The highest BCUT2D eigenvalue weighted by Gasteiger charge is 2.11. The van der Waals surface area contributed by atoms with E-state index in [0.717, 1.165) is 22.5 Å². The molecule has 1 aliphatic rings. The number of aryl methyl sites for hydroxylation is 1. The number of rotatable bonds is 9. The van der Waals surface area contributed by atoms with E-state index >= 15 is 0 Å². The Hall–Kier alpha value is -3.85. The van der Waals surface area contributed by atoms with Crippen LogP contribution in [0.2, 0.25) is 0 Å². The molecule has 1 heterocycles. The standard InChI is InChI=1S/C30H32N2O/c1-6-8-14-26(7-2)22-33-29-16-11-10-15-28(19-29)32-21-27(20-31-32)24(4)18-25(5)30-17-12-9-13-23(30)3/h6-21,28H,2,4,22H2,1,3,5H3/b8-6-,25-18-,26-14+. The fourth-order valence-electron chi connectivity index (χ4n) is 3.53. The smallest absolute Gasteiger partial charge is 0.118 e. The second kappa shape index (κ2) is 11.7. The molecule has 0 spiro atoms. The maximum Gasteiger partial charge on any atom is 0.118 e. The first-order chi connectivity index (χ1) is 16.0. The summed E-state index contributed by atoms with van der Waals surface area (Å²) in [6.45, 7) is 14.8. The third-order valence-corrected chi connectivity index (χ3v) is 5.42. The maximum absolute atomic E-state index is 6.02. The quantitative estimate of drug-likeness (QED) is 0.379. The van der Waals surface area contributed by atoms with Gasteiger partial charge in [-0.1, -0.05) is 86.0 Å². The zero-order valence-electron chi connectivity index (χ0n) is 19.7. The summed E-state index contributed by atoms with van der Waals surface area (Å²) in [6, 6.07) is 8.33. The number of hydrogen-bond donors (Lipinski definition) is 0. The molecule has 3 rings (SSSR count). The number of nitrogens with zero attached hydrogens (tertiary/aromatic N) is 2. The van der Waals surface area contributed by atoms with Crippen LogP contribution in [-0.2, 0) is 4.74 Å². The summed E-state index contributed by atoms with van der Waals surface area (Å²) in [7, 11) is 0. The highest BCUT2D eigenvalue weighted by Crippen LogP contribution is 2.25. The van der Waals surface area contributed by atoms with Gasteiger partial charge in [-0.2, -0.15) is 5.10 Å². The van der Waals surface area contributed by atoms with E-state index in [-0.39, 0.29) is 6.04 Å². The predicted octanol–water partition coefficient (Wildman–Crippen LogP) is 7.56. The summed E-state index contributed by atoms with van der Waals surface area (Å²) in [5.41, 5.74) is 6.61. The minimum Gasteiger partial charge on any atom is -0.489 e. The van der Waals surface area contributed by atoms with Gasteiger partial charge in [0.15, 0.2) is 0 Å². The summed E-state index contributed by atoms with van der Waals surface area (Å²) in [6.07, 6.45) is 23.9. The SMILES string of the molecule is C=C/C(=C\C=C/C)COC1=CC(n2cc(C(=C)/C=C(/C)c3ccccc3C)cn2)C=CC=C1. The van der Waals surface area contributed by atoms with Crippen molar-refractivity contribution >= 4 is 11.1 Å². The van der Waals surface area contributed by atoms with Crippen LogP contribution in [0.5, 0.6) is 0 Å². The molecular formula is C30H32N2O. The predicted molar refractivity (Wildman–Crippen MR) is 141 cm³/mol. The van der Waals surface area contributed by atoms with Crippen LogP contribution in [0.25, 0.3) is 11.1 Å². The van der Waals surface area contributed by atoms with Gasteiger partial charge >= 0.3 is 0 Å². The van der Waals surface area contributed by atoms with E-state index in [9.17, 15) is 0 Å². The lowest BCUT2D eigenvalue weighted by Crippen LogP contribution is -2.05. The van der Waals surface area contributed by atoms with Gasteiger partial charge in [0.25, 0.3) is 0 Å². The van der Waals surface area contributed by atoms with Crippen molar-refractivity contribution in [3.63, 3.8) is 0 Å². The number of ether oxygens (including phenoxy) is 1. The van der Waals surface area contributed by atoms with Gasteiger partial charge in [-0.15, -0.1) is 0 Å². The maximum atomic E-state index is 6.02. The van der Waals surface area contributed by atoms with Gasteiger partial charge in [0, 0.05) is 11.8 Å². The summed E-state index contributed by atoms with van der Waals surface area (Å²) in [5, 5.41) is 4.60. The van der Waals surface area contributed by atoms with Crippen LogP contribution in [0.15, 0.2) is 122 Å². The van der Waals surface area contributed by atoms with Crippen molar-refractivity contribution in [2.75, 3.05) is 6.61 Å². The summed E-state index contributed by atoms with van der Waals surface area (Å²) >= 11 is 0. The van der Waals surface area contributed by atoms with Crippen molar-refractivity contribution < 1.29 is 4.74 Å². The number of aromatic nitrogens is 2. The van der Waals surface area contributed by atoms with Crippen LogP contribution in [0, 0.1) is 6.92 Å². The van der Waals surface area contributed by atoms with Crippen molar-refractivity contribution in [3.05, 3.63) is 139 Å². The van der Waals surface area contributed by atoms with Gasteiger partial charge in [0.2, 0.25) is 0 Å². The molecule has 0 aliphatic heterocycles. The van der Waals surface area contributed by atoms with E-state index in [1.54, 1.807) is 0 Å². The molecule has 0 saturated carbocycles. The number of hydrogen-bond acceptors (Lipinski definition) is 2. The van der Waals surface area contributed by atoms with E-state index in [0.29, 0.717) is 6.61 Å². The van der Waals surface area contributed by atoms with Gasteiger partial charge in [-0.3, -0.25) is 4.68 Å². The Balaban J connectivity index is 1.75. The summed E-state index contributed by atoms with van der Waals surface area (Å²) < 4.78 is 7.95. The Bertz CT molecular complexity index is 1180. The van der Waals surface area contributed by atoms with Gasteiger partial charge in [-0.25, -0.2) is 0 Å². The molecule has 1 aliphatic carbocycles. The summed E-state index contributed by atoms with van der Waals surface area (Å²) in [5.74, 6) is 0.796. The molecule has 3 nitrogen and oxygen atoms in total. The van der Waals surface area contributed by atoms with Gasteiger partial charge in [0.1, 0.15) is 12.4 Å². The van der Waals surface area contributed by atoms with Crippen molar-refractivity contribution in [2.24, 2.45) is 0 Å². The van der Waals surface area contributed by atoms with Crippen LogP contribution in [0.4, 0.5) is 0 Å². The van der Waals surface area contributed by atoms with Crippen molar-refractivity contribution in [1.29, 1.82) is 0 Å². The van der Waals surface area contributed by atoms with E-state index in [4.69, 9.17) is 4.74 Å². The van der Waals surface area contributed by atoms with E-state index in [2.05, 4.69) is 74.6 Å². The molecule has 1 aromatic carbocycles. The van der Waals surface area contributed by atoms with Crippen molar-refractivity contribution in [2.45, 2.75) is 26.8 Å². The monoisotopic (exact) mass is 436 g/mol. The third kappa shape index (κ3) is 6.56. The van der Waals surface area contributed by atoms with E-state index < -0.39 is 0 Å². The van der Waals surface area contributed by atoms with Crippen LogP contribution in [-0.4, -0.2) is 16.4 Å². The van der Waals surface area contributed by atoms with Crippen LogP contribution in [0.1, 0.15) is 36.6 Å². The lowest BCUT2D eigenvalue weighted by atomic mass is 9.99. The molecule has 0 amide bonds. The molecule has 168 valence electrons. The lowest BCUT2D eigenvalue weighted by Gasteiger charge is -2.12. The van der Waals surface area contributed by atoms with Crippen molar-refractivity contribution in [3.8, 4) is 0 Å². The zero-order valence-corrected chi connectivity index (χ0v) is 19.7. The molecule has 33 heavy (non-hydrogen) atoms. The number of benzene rings is 1. The topological polar surface area (TPSA) is 27.1 Å². The van der Waals surface area contributed by atoms with Crippen molar-refractivity contribution in [1.82, 2.24) is 9.78 Å². The minimum absolute atomic E-state index is 0.0512. The molecule has 1 unspecified atom stereocenters. The Morgan fingerprint density at radius 3 is 2.82 bits per heavy atom. The van der Waals surface area contributed by atoms with Crippen LogP contribution in [0.3, 0.4) is 0 Å². The average Bonchev–Trinajstić information content (AvgIpc) is 3.19. The molecule has 3 heteroatoms. The molecule has 0 N–H and O–H groups in total. The largest absolute Gasteiger partial charge is 0.489 e. The minimum atomic E-state index is -0.0512. The molecule has 0 saturated heterocycles. The first-order valence-corrected chi connectivity index (χ1v) is 11.1. The second-order valence-corrected chi connectivity index (χ2v) is 7.94. The fraction of sp³-hybridized carbons (Fsp3) is 0.167. The Morgan fingerprint density at radius 2 is 2.06 bits per heavy atom. The molecule has 0 radical (unpaired) electrons. The molecule has 1 atom stereocenters. The Kier molecular flexibility index (Phi) is 8.43. The fourth-order valence-corrected chi connectivity index (χ4v) is 3.53. The van der Waals surface area contributed by atoms with Gasteiger partial charge in [0.05, 0.1) is 12.2 Å². The molecule has 2 aromatic rings. The second-order valence-electron chi connectivity index (χ2n) is 7.94. The van der Waals surface area contributed by atoms with E-state index in [1.807, 2.05) is 66.5 Å². The average molecular weight is 437 g/mol. The third-order valence-electron chi connectivity index (χ3n) is 5.42. The lowest BCUT2D eigenvalue weighted by molar-refractivity contribution is 0.253. The first-order valence-electron chi connectivity index (χ1n) is 11.1. The van der Waals surface area contributed by atoms with E-state index in [1.165, 1.54) is 16.7 Å². The molecule has 1 aromatic heterocycles. The highest BCUT2D eigenvalue weighted by atomic mass is 16.5. The zero-order chi connectivity index (χ0) is 23.6. The summed E-state index contributed by atoms with van der Waals surface area (Å²) in [4.78, 5) is 0. The number of allylic oxidation sites excluding steroid dienone is 11. The van der Waals surface area contributed by atoms with Crippen LogP contribution < -0.4 is 0 Å². The van der Waals surface area contributed by atoms with Gasteiger partial charge in [-0.05, 0) is 60.8 Å². The molecule has 0 bridgehead atoms. The Labute approximate surface area is 197 Å². The van der Waals surface area contributed by atoms with Crippen LogP contribution >= 0.6 is 0 Å². The first kappa shape index (κ1) is 23.8. The highest BCUT2D eigenvalue weighted by molar-refractivity contribution is 5.82.